The number of piperazine rings is 2. The molecule has 2 aromatic carbocycles. The molecular weight excluding hydrogens is 487 g/mol. The highest BCUT2D eigenvalue weighted by molar-refractivity contribution is 5.97. The smallest absolute Gasteiger partial charge is 0.369 e. The van der Waals surface area contributed by atoms with Crippen molar-refractivity contribution in [1.82, 2.24) is 15.1 Å². The molecule has 0 aliphatic carbocycles. The summed E-state index contributed by atoms with van der Waals surface area (Å²) >= 11 is 0. The van der Waals surface area contributed by atoms with Crippen molar-refractivity contribution in [2.75, 3.05) is 56.0 Å². The number of rotatable bonds is 6. The fraction of sp³-hybridized carbons (Fsp3) is 0.423. The zero-order valence-electron chi connectivity index (χ0n) is 20.6. The van der Waals surface area contributed by atoms with Gasteiger partial charge >= 0.3 is 6.18 Å². The summed E-state index contributed by atoms with van der Waals surface area (Å²) in [5.74, 6) is -0.984. The molecule has 198 valence electrons. The first-order valence-electron chi connectivity index (χ1n) is 12.2. The van der Waals surface area contributed by atoms with Gasteiger partial charge in [-0.1, -0.05) is 23.8 Å². The Kier molecular flexibility index (Phi) is 8.01. The molecule has 3 amide bonds. The van der Waals surface area contributed by atoms with E-state index in [9.17, 15) is 27.6 Å². The lowest BCUT2D eigenvalue weighted by molar-refractivity contribution is -0.145. The zero-order valence-corrected chi connectivity index (χ0v) is 20.6. The SMILES string of the molecule is Cc1ccc(NC(=O)C[C@@H]2C(=O)NCCN2C(=O)CN2CCN(c3cccc(C(F)(F)F)c3)CC2)cc1. The van der Waals surface area contributed by atoms with Gasteiger partial charge in [0.2, 0.25) is 17.7 Å². The first-order valence-corrected chi connectivity index (χ1v) is 12.2. The molecule has 2 aliphatic heterocycles. The molecule has 2 aliphatic rings. The van der Waals surface area contributed by atoms with Crippen LogP contribution in [0.2, 0.25) is 0 Å². The number of carbonyl (C=O) groups excluding carboxylic acids is 3. The average molecular weight is 518 g/mol. The number of aryl methyl sites for hydroxylation is 1. The molecule has 0 unspecified atom stereocenters. The number of alkyl halides is 3. The predicted molar refractivity (Wildman–Crippen MR) is 133 cm³/mol. The van der Waals surface area contributed by atoms with Crippen LogP contribution < -0.4 is 15.5 Å². The summed E-state index contributed by atoms with van der Waals surface area (Å²) in [5.41, 5.74) is 1.47. The second-order valence-electron chi connectivity index (χ2n) is 9.32. The predicted octanol–water partition coefficient (Wildman–Crippen LogP) is 2.49. The fourth-order valence-corrected chi connectivity index (χ4v) is 4.57. The molecule has 2 heterocycles. The van der Waals surface area contributed by atoms with Crippen LogP contribution >= 0.6 is 0 Å². The maximum Gasteiger partial charge on any atom is 0.416 e. The van der Waals surface area contributed by atoms with E-state index in [1.807, 2.05) is 28.9 Å². The number of anilines is 2. The number of nitrogens with zero attached hydrogens (tertiary/aromatic N) is 3. The summed E-state index contributed by atoms with van der Waals surface area (Å²) in [6.07, 6.45) is -4.56. The van der Waals surface area contributed by atoms with E-state index in [1.165, 1.54) is 11.0 Å². The molecule has 0 saturated carbocycles. The maximum absolute atomic E-state index is 13.1. The van der Waals surface area contributed by atoms with Gasteiger partial charge < -0.3 is 20.4 Å². The zero-order chi connectivity index (χ0) is 26.6. The summed E-state index contributed by atoms with van der Waals surface area (Å²) in [6, 6.07) is 11.6. The van der Waals surface area contributed by atoms with E-state index in [-0.39, 0.29) is 30.7 Å². The van der Waals surface area contributed by atoms with Gasteiger partial charge in [0.25, 0.3) is 0 Å². The molecule has 2 saturated heterocycles. The highest BCUT2D eigenvalue weighted by Crippen LogP contribution is 2.32. The molecule has 0 bridgehead atoms. The largest absolute Gasteiger partial charge is 0.416 e. The summed E-state index contributed by atoms with van der Waals surface area (Å²) < 4.78 is 39.2. The Morgan fingerprint density at radius 1 is 1.03 bits per heavy atom. The fourth-order valence-electron chi connectivity index (χ4n) is 4.57. The normalized spacial score (nSPS) is 18.9. The van der Waals surface area contributed by atoms with Crippen molar-refractivity contribution in [3.63, 3.8) is 0 Å². The Bertz CT molecular complexity index is 1130. The lowest BCUT2D eigenvalue weighted by Gasteiger charge is -2.39. The molecule has 0 spiro atoms. The molecule has 4 rings (SSSR count). The minimum Gasteiger partial charge on any atom is -0.369 e. The first-order chi connectivity index (χ1) is 17.6. The highest BCUT2D eigenvalue weighted by Gasteiger charge is 2.36. The van der Waals surface area contributed by atoms with E-state index < -0.39 is 17.8 Å². The molecule has 2 aromatic rings. The van der Waals surface area contributed by atoms with E-state index in [2.05, 4.69) is 10.6 Å². The third-order valence-electron chi connectivity index (χ3n) is 6.64. The van der Waals surface area contributed by atoms with Crippen molar-refractivity contribution in [2.45, 2.75) is 25.6 Å². The average Bonchev–Trinajstić information content (AvgIpc) is 2.86. The van der Waals surface area contributed by atoms with E-state index >= 15 is 0 Å². The second-order valence-corrected chi connectivity index (χ2v) is 9.32. The highest BCUT2D eigenvalue weighted by atomic mass is 19.4. The molecule has 0 aromatic heterocycles. The Morgan fingerprint density at radius 3 is 2.41 bits per heavy atom. The van der Waals surface area contributed by atoms with Crippen LogP contribution in [-0.2, 0) is 20.6 Å². The molecule has 11 heteroatoms. The van der Waals surface area contributed by atoms with Gasteiger partial charge in [-0.15, -0.1) is 0 Å². The number of benzene rings is 2. The van der Waals surface area contributed by atoms with Crippen molar-refractivity contribution < 1.29 is 27.6 Å². The molecule has 37 heavy (non-hydrogen) atoms. The Balaban J connectivity index is 1.32. The maximum atomic E-state index is 13.1. The van der Waals surface area contributed by atoms with Gasteiger partial charge in [0.15, 0.2) is 0 Å². The Labute approximate surface area is 213 Å². The Morgan fingerprint density at radius 2 is 1.73 bits per heavy atom. The van der Waals surface area contributed by atoms with Crippen LogP contribution in [0.1, 0.15) is 17.5 Å². The molecule has 0 radical (unpaired) electrons. The van der Waals surface area contributed by atoms with Crippen molar-refractivity contribution in [1.29, 1.82) is 0 Å². The number of hydrogen-bond donors (Lipinski definition) is 2. The van der Waals surface area contributed by atoms with E-state index in [4.69, 9.17) is 0 Å². The van der Waals surface area contributed by atoms with Crippen LogP contribution in [0.3, 0.4) is 0 Å². The lowest BCUT2D eigenvalue weighted by atomic mass is 10.1. The van der Waals surface area contributed by atoms with Crippen LogP contribution in [0.25, 0.3) is 0 Å². The monoisotopic (exact) mass is 517 g/mol. The second kappa shape index (κ2) is 11.2. The minimum absolute atomic E-state index is 0.0692. The van der Waals surface area contributed by atoms with E-state index in [1.54, 1.807) is 18.2 Å². The molecule has 1 atom stereocenters. The molecule has 8 nitrogen and oxygen atoms in total. The van der Waals surface area contributed by atoms with Crippen LogP contribution in [0.4, 0.5) is 24.5 Å². The van der Waals surface area contributed by atoms with Crippen molar-refractivity contribution in [3.8, 4) is 0 Å². The van der Waals surface area contributed by atoms with Gasteiger partial charge in [0, 0.05) is 50.6 Å². The third kappa shape index (κ3) is 6.79. The van der Waals surface area contributed by atoms with Crippen LogP contribution in [0.15, 0.2) is 48.5 Å². The van der Waals surface area contributed by atoms with Gasteiger partial charge in [-0.2, -0.15) is 13.2 Å². The van der Waals surface area contributed by atoms with Gasteiger partial charge in [-0.25, -0.2) is 0 Å². The van der Waals surface area contributed by atoms with Crippen LogP contribution in [0, 0.1) is 6.92 Å². The van der Waals surface area contributed by atoms with Gasteiger partial charge in [-0.05, 0) is 37.3 Å². The lowest BCUT2D eigenvalue weighted by Crippen LogP contribution is -2.60. The van der Waals surface area contributed by atoms with Gasteiger partial charge in [0.05, 0.1) is 18.5 Å². The number of carbonyl (C=O) groups is 3. The molecular formula is C26H30F3N5O3. The third-order valence-corrected chi connectivity index (χ3v) is 6.64. The minimum atomic E-state index is -4.40. The standard InChI is InChI=1S/C26H30F3N5O3/c1-18-5-7-20(8-6-18)31-23(35)16-22-25(37)30-9-10-34(22)24(36)17-32-11-13-33(14-12-32)21-4-2-3-19(15-21)26(27,28)29/h2-8,15,22H,9-14,16-17H2,1H3,(H,30,37)(H,31,35)/t22-/m1/s1. The van der Waals surface area contributed by atoms with E-state index in [0.717, 1.165) is 17.7 Å². The number of halogens is 3. The topological polar surface area (TPSA) is 85.0 Å². The van der Waals surface area contributed by atoms with Crippen LogP contribution in [0.5, 0.6) is 0 Å². The first kappa shape index (κ1) is 26.5. The van der Waals surface area contributed by atoms with Crippen molar-refractivity contribution in [3.05, 3.63) is 59.7 Å². The number of amides is 3. The van der Waals surface area contributed by atoms with E-state index in [0.29, 0.717) is 50.6 Å². The Hall–Kier alpha value is -3.60. The summed E-state index contributed by atoms with van der Waals surface area (Å²) in [7, 11) is 0. The number of nitrogens with one attached hydrogen (secondary N) is 2. The van der Waals surface area contributed by atoms with Crippen LogP contribution in [-0.4, -0.2) is 79.4 Å². The van der Waals surface area contributed by atoms with Crippen molar-refractivity contribution in [2.24, 2.45) is 0 Å². The molecule has 2 N–H and O–H groups in total. The number of hydrogen-bond acceptors (Lipinski definition) is 5. The van der Waals surface area contributed by atoms with Crippen molar-refractivity contribution >= 4 is 29.1 Å². The summed E-state index contributed by atoms with van der Waals surface area (Å²) in [6.45, 7) is 4.53. The van der Waals surface area contributed by atoms with Gasteiger partial charge in [-0.3, -0.25) is 19.3 Å². The summed E-state index contributed by atoms with van der Waals surface area (Å²) in [4.78, 5) is 43.5. The molecule has 2 fully saturated rings. The summed E-state index contributed by atoms with van der Waals surface area (Å²) in [5, 5.41) is 5.49. The van der Waals surface area contributed by atoms with Gasteiger partial charge in [0.1, 0.15) is 6.04 Å². The quantitative estimate of drug-likeness (QED) is 0.615.